The number of guanidine groups is 1. The van der Waals surface area contributed by atoms with Gasteiger partial charge in [0, 0.05) is 31.7 Å². The minimum atomic E-state index is 0. The molecule has 1 aliphatic heterocycles. The Kier molecular flexibility index (Phi) is 8.67. The zero-order valence-corrected chi connectivity index (χ0v) is 20.2. The smallest absolute Gasteiger partial charge is 0.194 e. The number of likely N-dealkylation sites (N-methyl/N-ethyl adjacent to an activating group) is 1. The number of nitrogens with zero attached hydrogens (tertiary/aromatic N) is 3. The number of nitrogens with one attached hydrogen (secondary N) is 1. The summed E-state index contributed by atoms with van der Waals surface area (Å²) in [6.07, 6.45) is 3.65. The monoisotopic (exact) mass is 502 g/mol. The van der Waals surface area contributed by atoms with Crippen molar-refractivity contribution in [3.63, 3.8) is 0 Å². The van der Waals surface area contributed by atoms with E-state index in [4.69, 9.17) is 14.5 Å². The lowest BCUT2D eigenvalue weighted by Gasteiger charge is -2.33. The van der Waals surface area contributed by atoms with Gasteiger partial charge < -0.3 is 19.7 Å². The van der Waals surface area contributed by atoms with Gasteiger partial charge >= 0.3 is 0 Å². The van der Waals surface area contributed by atoms with Crippen molar-refractivity contribution < 1.29 is 9.47 Å². The first-order chi connectivity index (χ1) is 13.1. The SMILES string of the molecule is CCNC(=NCC(C)N(C)C1CC1)N1CCc2cc(OC)c(OC)cc2C1.I. The van der Waals surface area contributed by atoms with E-state index in [0.717, 1.165) is 56.1 Å². The molecule has 28 heavy (non-hydrogen) atoms. The molecule has 1 unspecified atom stereocenters. The molecular formula is C21H35IN4O2. The van der Waals surface area contributed by atoms with E-state index in [1.165, 1.54) is 24.0 Å². The summed E-state index contributed by atoms with van der Waals surface area (Å²) in [4.78, 5) is 9.77. The van der Waals surface area contributed by atoms with Crippen LogP contribution in [0, 0.1) is 0 Å². The van der Waals surface area contributed by atoms with Gasteiger partial charge in [0.2, 0.25) is 0 Å². The second kappa shape index (κ2) is 10.5. The average molecular weight is 502 g/mol. The molecule has 1 saturated carbocycles. The molecule has 0 bridgehead atoms. The normalized spacial score (nSPS) is 17.6. The summed E-state index contributed by atoms with van der Waals surface area (Å²) < 4.78 is 10.9. The van der Waals surface area contributed by atoms with Gasteiger partial charge in [-0.2, -0.15) is 0 Å². The Balaban J connectivity index is 0.00000280. The third-order valence-electron chi connectivity index (χ3n) is 5.68. The molecular weight excluding hydrogens is 467 g/mol. The molecule has 6 nitrogen and oxygen atoms in total. The Morgan fingerprint density at radius 2 is 1.89 bits per heavy atom. The van der Waals surface area contributed by atoms with Gasteiger partial charge in [0.05, 0.1) is 20.8 Å². The van der Waals surface area contributed by atoms with Gasteiger partial charge in [-0.25, -0.2) is 0 Å². The Hall–Kier alpha value is -1.22. The van der Waals surface area contributed by atoms with E-state index < -0.39 is 0 Å². The molecule has 0 spiro atoms. The van der Waals surface area contributed by atoms with Crippen molar-refractivity contribution >= 4 is 29.9 Å². The maximum atomic E-state index is 5.48. The topological polar surface area (TPSA) is 49.3 Å². The average Bonchev–Trinajstić information content (AvgIpc) is 3.54. The van der Waals surface area contributed by atoms with Crippen LogP contribution in [0.1, 0.15) is 37.8 Å². The molecule has 1 N–H and O–H groups in total. The van der Waals surface area contributed by atoms with Crippen LogP contribution in [0.4, 0.5) is 0 Å². The van der Waals surface area contributed by atoms with E-state index in [1.807, 2.05) is 0 Å². The van der Waals surface area contributed by atoms with Crippen molar-refractivity contribution in [1.29, 1.82) is 0 Å². The third-order valence-corrected chi connectivity index (χ3v) is 5.68. The molecule has 1 aliphatic carbocycles. The minimum absolute atomic E-state index is 0. The van der Waals surface area contributed by atoms with Crippen molar-refractivity contribution in [1.82, 2.24) is 15.1 Å². The van der Waals surface area contributed by atoms with Gasteiger partial charge in [0.1, 0.15) is 0 Å². The Morgan fingerprint density at radius 3 is 2.46 bits per heavy atom. The summed E-state index contributed by atoms with van der Waals surface area (Å²) in [7, 11) is 5.60. The fraction of sp³-hybridized carbons (Fsp3) is 0.667. The molecule has 0 aromatic heterocycles. The highest BCUT2D eigenvalue weighted by Crippen LogP contribution is 2.33. The largest absolute Gasteiger partial charge is 0.493 e. The van der Waals surface area contributed by atoms with Crippen molar-refractivity contribution in [3.05, 3.63) is 23.3 Å². The highest BCUT2D eigenvalue weighted by Gasteiger charge is 2.29. The van der Waals surface area contributed by atoms with Crippen LogP contribution in [-0.2, 0) is 13.0 Å². The third kappa shape index (κ3) is 5.43. The summed E-state index contributed by atoms with van der Waals surface area (Å²) in [6, 6.07) is 5.45. The van der Waals surface area contributed by atoms with Gasteiger partial charge in [0.15, 0.2) is 17.5 Å². The van der Waals surface area contributed by atoms with Gasteiger partial charge in [-0.1, -0.05) is 0 Å². The van der Waals surface area contributed by atoms with Crippen molar-refractivity contribution in [3.8, 4) is 11.5 Å². The maximum absolute atomic E-state index is 5.48. The van der Waals surface area contributed by atoms with E-state index in [2.05, 4.69) is 48.1 Å². The lowest BCUT2D eigenvalue weighted by molar-refractivity contribution is 0.252. The molecule has 0 amide bonds. The van der Waals surface area contributed by atoms with Crippen LogP contribution >= 0.6 is 24.0 Å². The Labute approximate surface area is 186 Å². The zero-order chi connectivity index (χ0) is 19.4. The van der Waals surface area contributed by atoms with Crippen LogP contribution in [0.5, 0.6) is 11.5 Å². The number of hydrogen-bond donors (Lipinski definition) is 1. The molecule has 0 radical (unpaired) electrons. The fourth-order valence-corrected chi connectivity index (χ4v) is 3.68. The number of aliphatic imine (C=N–C) groups is 1. The minimum Gasteiger partial charge on any atom is -0.493 e. The van der Waals surface area contributed by atoms with Gasteiger partial charge in [0.25, 0.3) is 0 Å². The first-order valence-electron chi connectivity index (χ1n) is 10.1. The Morgan fingerprint density at radius 1 is 1.25 bits per heavy atom. The summed E-state index contributed by atoms with van der Waals surface area (Å²) in [5, 5.41) is 3.47. The number of methoxy groups -OCH3 is 2. The zero-order valence-electron chi connectivity index (χ0n) is 17.8. The standard InChI is InChI=1S/C21H34N4O2.HI/c1-6-22-21(23-13-15(2)24(3)18-7-8-18)25-10-9-16-11-19(26-4)20(27-5)12-17(16)14-25;/h11-12,15,18H,6-10,13-14H2,1-5H3,(H,22,23);1H. The summed E-state index contributed by atoms with van der Waals surface area (Å²) in [5.74, 6) is 2.61. The molecule has 1 fully saturated rings. The molecule has 158 valence electrons. The van der Waals surface area contributed by atoms with Crippen molar-refractivity contribution in [2.75, 3.05) is 40.9 Å². The summed E-state index contributed by atoms with van der Waals surface area (Å²) in [5.41, 5.74) is 2.62. The number of fused-ring (bicyclic) bond motifs is 1. The fourth-order valence-electron chi connectivity index (χ4n) is 3.68. The van der Waals surface area contributed by atoms with Crippen LogP contribution in [0.2, 0.25) is 0 Å². The lowest BCUT2D eigenvalue weighted by atomic mass is 9.99. The summed E-state index contributed by atoms with van der Waals surface area (Å²) >= 11 is 0. The van der Waals surface area contributed by atoms with E-state index in [-0.39, 0.29) is 24.0 Å². The molecule has 0 saturated heterocycles. The van der Waals surface area contributed by atoms with Crippen LogP contribution < -0.4 is 14.8 Å². The summed E-state index contributed by atoms with van der Waals surface area (Å²) in [6.45, 7) is 7.90. The second-order valence-electron chi connectivity index (χ2n) is 7.59. The highest BCUT2D eigenvalue weighted by molar-refractivity contribution is 14.0. The van der Waals surface area contributed by atoms with E-state index >= 15 is 0 Å². The van der Waals surface area contributed by atoms with E-state index in [9.17, 15) is 0 Å². The number of benzene rings is 1. The molecule has 3 rings (SSSR count). The number of halogens is 1. The van der Waals surface area contributed by atoms with Gasteiger partial charge in [-0.3, -0.25) is 9.89 Å². The van der Waals surface area contributed by atoms with E-state index in [1.54, 1.807) is 14.2 Å². The maximum Gasteiger partial charge on any atom is 0.194 e. The van der Waals surface area contributed by atoms with E-state index in [0.29, 0.717) is 6.04 Å². The quantitative estimate of drug-likeness (QED) is 0.353. The van der Waals surface area contributed by atoms with Crippen LogP contribution in [-0.4, -0.2) is 68.7 Å². The molecule has 7 heteroatoms. The molecule has 2 aliphatic rings. The van der Waals surface area contributed by atoms with Crippen LogP contribution in [0.3, 0.4) is 0 Å². The molecule has 1 aromatic rings. The molecule has 1 heterocycles. The number of rotatable bonds is 7. The van der Waals surface area contributed by atoms with Crippen molar-refractivity contribution in [2.45, 2.75) is 51.7 Å². The first-order valence-corrected chi connectivity index (χ1v) is 10.1. The van der Waals surface area contributed by atoms with Gasteiger partial charge in [-0.15, -0.1) is 24.0 Å². The van der Waals surface area contributed by atoms with Crippen LogP contribution in [0.15, 0.2) is 17.1 Å². The first kappa shape index (κ1) is 23.1. The predicted molar refractivity (Wildman–Crippen MR) is 125 cm³/mol. The molecule has 1 aromatic carbocycles. The molecule has 1 atom stereocenters. The lowest BCUT2D eigenvalue weighted by Crippen LogP contribution is -2.45. The van der Waals surface area contributed by atoms with Crippen LogP contribution in [0.25, 0.3) is 0 Å². The van der Waals surface area contributed by atoms with Crippen molar-refractivity contribution in [2.24, 2.45) is 4.99 Å². The predicted octanol–water partition coefficient (Wildman–Crippen LogP) is 3.13. The van der Waals surface area contributed by atoms with Gasteiger partial charge in [-0.05, 0) is 63.4 Å². The number of ether oxygens (including phenoxy) is 2. The highest BCUT2D eigenvalue weighted by atomic mass is 127. The number of hydrogen-bond acceptors (Lipinski definition) is 4. The second-order valence-corrected chi connectivity index (χ2v) is 7.59. The Bertz CT molecular complexity index is 679.